The van der Waals surface area contributed by atoms with Crippen LogP contribution in [0.4, 0.5) is 0 Å². The van der Waals surface area contributed by atoms with E-state index in [0.717, 1.165) is 31.5 Å². The Hall–Kier alpha value is -1.73. The summed E-state index contributed by atoms with van der Waals surface area (Å²) in [6, 6.07) is 0.207. The molecule has 118 valence electrons. The van der Waals surface area contributed by atoms with E-state index in [1.165, 1.54) is 11.3 Å². The summed E-state index contributed by atoms with van der Waals surface area (Å²) in [6.07, 6.45) is 3.43. The van der Waals surface area contributed by atoms with Crippen molar-refractivity contribution in [2.75, 3.05) is 13.1 Å². The molecule has 1 amide bonds. The predicted octanol–water partition coefficient (Wildman–Crippen LogP) is 1.27. The molecule has 3 rings (SSSR count). The van der Waals surface area contributed by atoms with E-state index in [-0.39, 0.29) is 17.5 Å². The number of rotatable bonds is 3. The number of nitrogens with zero attached hydrogens (tertiary/aromatic N) is 2. The van der Waals surface area contributed by atoms with Crippen LogP contribution in [0.3, 0.4) is 0 Å². The largest absolute Gasteiger partial charge is 0.349 e. The zero-order chi connectivity index (χ0) is 15.7. The van der Waals surface area contributed by atoms with Crippen LogP contribution in [0.1, 0.15) is 35.0 Å². The summed E-state index contributed by atoms with van der Waals surface area (Å²) in [7, 11) is 0. The maximum Gasteiger partial charge on any atom is 0.262 e. The average molecular weight is 320 g/mol. The lowest BCUT2D eigenvalue weighted by atomic mass is 10.1. The van der Waals surface area contributed by atoms with Gasteiger partial charge in [-0.3, -0.25) is 14.2 Å². The quantitative estimate of drug-likeness (QED) is 0.893. The highest BCUT2D eigenvalue weighted by atomic mass is 32.1. The number of thiophene rings is 1. The van der Waals surface area contributed by atoms with Gasteiger partial charge in [-0.05, 0) is 45.3 Å². The topological polar surface area (TPSA) is 76.0 Å². The Morgan fingerprint density at radius 2 is 2.23 bits per heavy atom. The van der Waals surface area contributed by atoms with Gasteiger partial charge < -0.3 is 10.6 Å². The van der Waals surface area contributed by atoms with E-state index in [9.17, 15) is 9.59 Å². The lowest BCUT2D eigenvalue weighted by Gasteiger charge is -2.23. The van der Waals surface area contributed by atoms with Crippen LogP contribution in [-0.4, -0.2) is 34.6 Å². The van der Waals surface area contributed by atoms with Crippen LogP contribution in [0.2, 0.25) is 0 Å². The molecule has 0 bridgehead atoms. The number of carbonyl (C=O) groups is 1. The molecule has 1 saturated heterocycles. The van der Waals surface area contributed by atoms with E-state index in [1.807, 2.05) is 13.8 Å². The summed E-state index contributed by atoms with van der Waals surface area (Å²) in [4.78, 5) is 30.5. The SMILES string of the molecule is CCn1cnc2sc(C(=O)NC3CCNCC3)c(C)c2c1=O. The molecule has 2 aromatic rings. The number of nitrogens with one attached hydrogen (secondary N) is 2. The highest BCUT2D eigenvalue weighted by molar-refractivity contribution is 7.20. The summed E-state index contributed by atoms with van der Waals surface area (Å²) in [5, 5.41) is 6.93. The first-order chi connectivity index (χ1) is 10.6. The first kappa shape index (κ1) is 15.2. The van der Waals surface area contributed by atoms with Crippen molar-refractivity contribution >= 4 is 27.5 Å². The van der Waals surface area contributed by atoms with E-state index < -0.39 is 0 Å². The van der Waals surface area contributed by atoms with Crippen molar-refractivity contribution in [3.63, 3.8) is 0 Å². The summed E-state index contributed by atoms with van der Waals surface area (Å²) in [5.41, 5.74) is 0.675. The minimum absolute atomic E-state index is 0.0674. The highest BCUT2D eigenvalue weighted by Gasteiger charge is 2.22. The van der Waals surface area contributed by atoms with Crippen molar-refractivity contribution in [2.24, 2.45) is 0 Å². The summed E-state index contributed by atoms with van der Waals surface area (Å²) < 4.78 is 1.57. The molecule has 0 saturated carbocycles. The van der Waals surface area contributed by atoms with Gasteiger partial charge in [0, 0.05) is 12.6 Å². The third-order valence-corrected chi connectivity index (χ3v) is 5.34. The van der Waals surface area contributed by atoms with Gasteiger partial charge in [0.15, 0.2) is 0 Å². The highest BCUT2D eigenvalue weighted by Crippen LogP contribution is 2.26. The number of piperidine rings is 1. The molecule has 0 atom stereocenters. The number of aryl methyl sites for hydroxylation is 2. The molecule has 2 aromatic heterocycles. The number of fused-ring (bicyclic) bond motifs is 1. The molecule has 6 nitrogen and oxygen atoms in total. The Morgan fingerprint density at radius 3 is 2.91 bits per heavy atom. The molecule has 0 radical (unpaired) electrons. The van der Waals surface area contributed by atoms with Crippen molar-refractivity contribution < 1.29 is 4.79 Å². The number of amides is 1. The molecular weight excluding hydrogens is 300 g/mol. The number of hydrogen-bond donors (Lipinski definition) is 2. The van der Waals surface area contributed by atoms with Crippen molar-refractivity contribution in [1.82, 2.24) is 20.2 Å². The van der Waals surface area contributed by atoms with E-state index in [4.69, 9.17) is 0 Å². The lowest BCUT2D eigenvalue weighted by molar-refractivity contribution is 0.0933. The van der Waals surface area contributed by atoms with E-state index >= 15 is 0 Å². The van der Waals surface area contributed by atoms with Crippen LogP contribution in [0.25, 0.3) is 10.2 Å². The molecule has 0 unspecified atom stereocenters. The zero-order valence-electron chi connectivity index (χ0n) is 12.8. The monoisotopic (exact) mass is 320 g/mol. The Bertz CT molecular complexity index is 759. The second kappa shape index (κ2) is 6.18. The fourth-order valence-corrected chi connectivity index (χ4v) is 3.86. The standard InChI is InChI=1S/C15H20N4O2S/c1-3-19-8-17-14-11(15(19)21)9(2)12(22-14)13(20)18-10-4-6-16-7-5-10/h8,10,16H,3-7H2,1-2H3,(H,18,20). The van der Waals surface area contributed by atoms with Crippen molar-refractivity contribution in [3.05, 3.63) is 27.1 Å². The molecule has 0 aromatic carbocycles. The van der Waals surface area contributed by atoms with Gasteiger partial charge in [-0.2, -0.15) is 0 Å². The number of hydrogen-bond acceptors (Lipinski definition) is 5. The molecule has 0 spiro atoms. The average Bonchev–Trinajstić information content (AvgIpc) is 2.86. The van der Waals surface area contributed by atoms with Crippen molar-refractivity contribution in [1.29, 1.82) is 0 Å². The van der Waals surface area contributed by atoms with Crippen molar-refractivity contribution in [2.45, 2.75) is 39.3 Å². The van der Waals surface area contributed by atoms with E-state index in [0.29, 0.717) is 21.6 Å². The second-order valence-electron chi connectivity index (χ2n) is 5.57. The summed E-state index contributed by atoms with van der Waals surface area (Å²) in [5.74, 6) is -0.0881. The Kier molecular flexibility index (Phi) is 4.26. The van der Waals surface area contributed by atoms with Crippen LogP contribution >= 0.6 is 11.3 Å². The van der Waals surface area contributed by atoms with E-state index in [2.05, 4.69) is 15.6 Å². The first-order valence-corrected chi connectivity index (χ1v) is 8.43. The third-order valence-electron chi connectivity index (χ3n) is 4.14. The maximum absolute atomic E-state index is 12.5. The van der Waals surface area contributed by atoms with Gasteiger partial charge in [0.1, 0.15) is 4.83 Å². The van der Waals surface area contributed by atoms with Gasteiger partial charge >= 0.3 is 0 Å². The zero-order valence-corrected chi connectivity index (χ0v) is 13.6. The summed E-state index contributed by atoms with van der Waals surface area (Å²) >= 11 is 1.30. The smallest absolute Gasteiger partial charge is 0.262 e. The lowest BCUT2D eigenvalue weighted by Crippen LogP contribution is -2.42. The Morgan fingerprint density at radius 1 is 1.50 bits per heavy atom. The molecule has 1 aliphatic rings. The van der Waals surface area contributed by atoms with Gasteiger partial charge in [-0.25, -0.2) is 4.98 Å². The van der Waals surface area contributed by atoms with Gasteiger partial charge in [0.25, 0.3) is 11.5 Å². The fourth-order valence-electron chi connectivity index (χ4n) is 2.82. The normalized spacial score (nSPS) is 16.1. The molecule has 7 heteroatoms. The minimum atomic E-state index is -0.0881. The van der Waals surface area contributed by atoms with Crippen LogP contribution < -0.4 is 16.2 Å². The van der Waals surface area contributed by atoms with Crippen LogP contribution in [0.5, 0.6) is 0 Å². The van der Waals surface area contributed by atoms with Crippen LogP contribution in [0.15, 0.2) is 11.1 Å². The van der Waals surface area contributed by atoms with Crippen LogP contribution in [0, 0.1) is 6.92 Å². The molecular formula is C15H20N4O2S. The molecule has 3 heterocycles. The van der Waals surface area contributed by atoms with Gasteiger partial charge in [-0.15, -0.1) is 11.3 Å². The van der Waals surface area contributed by atoms with E-state index in [1.54, 1.807) is 10.9 Å². The maximum atomic E-state index is 12.5. The van der Waals surface area contributed by atoms with Crippen molar-refractivity contribution in [3.8, 4) is 0 Å². The van der Waals surface area contributed by atoms with Gasteiger partial charge in [0.05, 0.1) is 16.6 Å². The summed E-state index contributed by atoms with van der Waals surface area (Å²) in [6.45, 7) is 6.17. The Balaban J connectivity index is 1.93. The predicted molar refractivity (Wildman–Crippen MR) is 87.6 cm³/mol. The van der Waals surface area contributed by atoms with Gasteiger partial charge in [-0.1, -0.05) is 0 Å². The fraction of sp³-hybridized carbons (Fsp3) is 0.533. The second-order valence-corrected chi connectivity index (χ2v) is 6.57. The molecule has 22 heavy (non-hydrogen) atoms. The number of carbonyl (C=O) groups excluding carboxylic acids is 1. The number of aromatic nitrogens is 2. The molecule has 1 fully saturated rings. The molecule has 2 N–H and O–H groups in total. The van der Waals surface area contributed by atoms with Crippen LogP contribution in [-0.2, 0) is 6.54 Å². The Labute approximate surface area is 132 Å². The van der Waals surface area contributed by atoms with Gasteiger partial charge in [0.2, 0.25) is 0 Å². The third kappa shape index (κ3) is 2.66. The first-order valence-electron chi connectivity index (χ1n) is 7.62. The molecule has 0 aliphatic carbocycles. The molecule has 1 aliphatic heterocycles. The minimum Gasteiger partial charge on any atom is -0.349 e.